The second-order valence-electron chi connectivity index (χ2n) is 4.47. The number of hydrogen-bond donors (Lipinski definition) is 0. The SMILES string of the molecule is CCN1CC(c2nccc3ccccc23)C1. The summed E-state index contributed by atoms with van der Waals surface area (Å²) in [6.45, 7) is 5.70. The van der Waals surface area contributed by atoms with Crippen LogP contribution in [0.2, 0.25) is 0 Å². The molecule has 1 aromatic carbocycles. The Hall–Kier alpha value is -1.41. The number of likely N-dealkylation sites (tertiary alicyclic amines) is 1. The van der Waals surface area contributed by atoms with Crippen molar-refractivity contribution >= 4 is 10.8 Å². The van der Waals surface area contributed by atoms with Crippen LogP contribution < -0.4 is 0 Å². The summed E-state index contributed by atoms with van der Waals surface area (Å²) in [7, 11) is 0. The number of rotatable bonds is 2. The summed E-state index contributed by atoms with van der Waals surface area (Å²) in [5.74, 6) is 0.631. The number of fused-ring (bicyclic) bond motifs is 1. The van der Waals surface area contributed by atoms with E-state index < -0.39 is 0 Å². The van der Waals surface area contributed by atoms with Crippen LogP contribution in [0.15, 0.2) is 36.5 Å². The number of pyridine rings is 1. The molecule has 0 N–H and O–H groups in total. The van der Waals surface area contributed by atoms with Gasteiger partial charge < -0.3 is 4.90 Å². The van der Waals surface area contributed by atoms with Gasteiger partial charge in [0.1, 0.15) is 0 Å². The molecule has 0 aliphatic carbocycles. The summed E-state index contributed by atoms with van der Waals surface area (Å²) in [6, 6.07) is 10.6. The molecule has 0 radical (unpaired) electrons. The first kappa shape index (κ1) is 9.79. The van der Waals surface area contributed by atoms with E-state index in [-0.39, 0.29) is 0 Å². The quantitative estimate of drug-likeness (QED) is 0.760. The summed E-state index contributed by atoms with van der Waals surface area (Å²) in [4.78, 5) is 7.02. The van der Waals surface area contributed by atoms with Crippen LogP contribution in [0.5, 0.6) is 0 Å². The first-order valence-electron chi connectivity index (χ1n) is 5.94. The van der Waals surface area contributed by atoms with Crippen LogP contribution >= 0.6 is 0 Å². The molecule has 16 heavy (non-hydrogen) atoms. The van der Waals surface area contributed by atoms with Gasteiger partial charge in [0.2, 0.25) is 0 Å². The zero-order valence-electron chi connectivity index (χ0n) is 9.56. The van der Waals surface area contributed by atoms with Gasteiger partial charge in [-0.2, -0.15) is 0 Å². The Labute approximate surface area is 95.9 Å². The highest BCUT2D eigenvalue weighted by Gasteiger charge is 2.28. The fraction of sp³-hybridized carbons (Fsp3) is 0.357. The Morgan fingerprint density at radius 1 is 1.25 bits per heavy atom. The lowest BCUT2D eigenvalue weighted by atomic mass is 9.92. The number of benzene rings is 1. The monoisotopic (exact) mass is 212 g/mol. The maximum Gasteiger partial charge on any atom is 0.0538 e. The largest absolute Gasteiger partial charge is 0.302 e. The number of hydrogen-bond acceptors (Lipinski definition) is 2. The Balaban J connectivity index is 1.98. The minimum Gasteiger partial charge on any atom is -0.302 e. The van der Waals surface area contributed by atoms with Crippen molar-refractivity contribution in [1.82, 2.24) is 9.88 Å². The second kappa shape index (κ2) is 3.87. The highest BCUT2D eigenvalue weighted by molar-refractivity contribution is 5.84. The molecule has 0 bridgehead atoms. The lowest BCUT2D eigenvalue weighted by molar-refractivity contribution is 0.156. The van der Waals surface area contributed by atoms with Crippen molar-refractivity contribution < 1.29 is 0 Å². The van der Waals surface area contributed by atoms with Crippen LogP contribution in [0, 0.1) is 0 Å². The van der Waals surface area contributed by atoms with E-state index in [1.165, 1.54) is 16.5 Å². The van der Waals surface area contributed by atoms with Crippen LogP contribution in [0.4, 0.5) is 0 Å². The Morgan fingerprint density at radius 2 is 2.06 bits per heavy atom. The topological polar surface area (TPSA) is 16.1 Å². The van der Waals surface area contributed by atoms with E-state index in [1.54, 1.807) is 0 Å². The van der Waals surface area contributed by atoms with Gasteiger partial charge in [0.05, 0.1) is 5.69 Å². The van der Waals surface area contributed by atoms with Crippen molar-refractivity contribution in [1.29, 1.82) is 0 Å². The van der Waals surface area contributed by atoms with Crippen molar-refractivity contribution in [3.8, 4) is 0 Å². The van der Waals surface area contributed by atoms with Crippen LogP contribution in [0.25, 0.3) is 10.8 Å². The summed E-state index contributed by atoms with van der Waals surface area (Å²) in [5, 5.41) is 2.63. The third-order valence-electron chi connectivity index (χ3n) is 3.50. The van der Waals surface area contributed by atoms with Gasteiger partial charge in [-0.3, -0.25) is 4.98 Å². The van der Waals surface area contributed by atoms with E-state index in [9.17, 15) is 0 Å². The van der Waals surface area contributed by atoms with Crippen molar-refractivity contribution in [3.63, 3.8) is 0 Å². The summed E-state index contributed by atoms with van der Waals surface area (Å²) < 4.78 is 0. The van der Waals surface area contributed by atoms with E-state index in [0.717, 1.165) is 19.6 Å². The van der Waals surface area contributed by atoms with Crippen molar-refractivity contribution in [2.75, 3.05) is 19.6 Å². The van der Waals surface area contributed by atoms with Crippen LogP contribution in [0.3, 0.4) is 0 Å². The number of likely N-dealkylation sites (N-methyl/N-ethyl adjacent to an activating group) is 1. The van der Waals surface area contributed by atoms with Gasteiger partial charge in [-0.1, -0.05) is 31.2 Å². The molecule has 0 spiro atoms. The average Bonchev–Trinajstić information content (AvgIpc) is 2.28. The fourth-order valence-corrected chi connectivity index (χ4v) is 2.47. The molecule has 0 amide bonds. The van der Waals surface area contributed by atoms with Gasteiger partial charge in [-0.05, 0) is 18.0 Å². The molecule has 1 saturated heterocycles. The highest BCUT2D eigenvalue weighted by atomic mass is 15.2. The minimum atomic E-state index is 0.631. The zero-order chi connectivity index (χ0) is 11.0. The standard InChI is InChI=1S/C14H16N2/c1-2-16-9-12(10-16)14-13-6-4-3-5-11(13)7-8-15-14/h3-8,12H,2,9-10H2,1H3. The molecule has 1 fully saturated rings. The van der Waals surface area contributed by atoms with Gasteiger partial charge in [-0.15, -0.1) is 0 Å². The Kier molecular flexibility index (Phi) is 2.37. The summed E-state index contributed by atoms with van der Waals surface area (Å²) in [5.41, 5.74) is 1.28. The molecule has 0 unspecified atom stereocenters. The van der Waals surface area contributed by atoms with Gasteiger partial charge in [0.25, 0.3) is 0 Å². The predicted molar refractivity (Wildman–Crippen MR) is 66.6 cm³/mol. The first-order valence-corrected chi connectivity index (χ1v) is 5.94. The molecule has 82 valence electrons. The zero-order valence-corrected chi connectivity index (χ0v) is 9.56. The summed E-state index contributed by atoms with van der Waals surface area (Å²) >= 11 is 0. The van der Waals surface area contributed by atoms with E-state index in [1.807, 2.05) is 6.20 Å². The molecule has 2 nitrogen and oxygen atoms in total. The third kappa shape index (κ3) is 1.50. The fourth-order valence-electron chi connectivity index (χ4n) is 2.47. The van der Waals surface area contributed by atoms with E-state index in [4.69, 9.17) is 0 Å². The van der Waals surface area contributed by atoms with E-state index >= 15 is 0 Å². The molecule has 0 saturated carbocycles. The number of aromatic nitrogens is 1. The average molecular weight is 212 g/mol. The minimum absolute atomic E-state index is 0.631. The maximum absolute atomic E-state index is 4.57. The van der Waals surface area contributed by atoms with Gasteiger partial charge in [0, 0.05) is 30.6 Å². The van der Waals surface area contributed by atoms with Crippen LogP contribution in [-0.4, -0.2) is 29.5 Å². The summed E-state index contributed by atoms with van der Waals surface area (Å²) in [6.07, 6.45) is 1.94. The lowest BCUT2D eigenvalue weighted by Gasteiger charge is -2.38. The Bertz CT molecular complexity index is 496. The molecule has 3 rings (SSSR count). The van der Waals surface area contributed by atoms with Gasteiger partial charge in [0.15, 0.2) is 0 Å². The number of nitrogens with zero attached hydrogens (tertiary/aromatic N) is 2. The molecule has 1 aliphatic rings. The van der Waals surface area contributed by atoms with E-state index in [0.29, 0.717) is 5.92 Å². The maximum atomic E-state index is 4.57. The molecule has 1 aliphatic heterocycles. The highest BCUT2D eigenvalue weighted by Crippen LogP contribution is 2.30. The first-order chi connectivity index (χ1) is 7.88. The van der Waals surface area contributed by atoms with Gasteiger partial charge in [-0.25, -0.2) is 0 Å². The van der Waals surface area contributed by atoms with Crippen molar-refractivity contribution in [2.24, 2.45) is 0 Å². The van der Waals surface area contributed by atoms with Gasteiger partial charge >= 0.3 is 0 Å². The molecule has 2 aromatic rings. The predicted octanol–water partition coefficient (Wildman–Crippen LogP) is 2.65. The van der Waals surface area contributed by atoms with Crippen molar-refractivity contribution in [2.45, 2.75) is 12.8 Å². The molecular weight excluding hydrogens is 196 g/mol. The molecule has 1 aromatic heterocycles. The van der Waals surface area contributed by atoms with E-state index in [2.05, 4.69) is 47.1 Å². The van der Waals surface area contributed by atoms with Crippen LogP contribution in [-0.2, 0) is 0 Å². The molecule has 2 heterocycles. The lowest BCUT2D eigenvalue weighted by Crippen LogP contribution is -2.44. The van der Waals surface area contributed by atoms with Crippen molar-refractivity contribution in [3.05, 3.63) is 42.2 Å². The second-order valence-corrected chi connectivity index (χ2v) is 4.47. The molecule has 2 heteroatoms. The third-order valence-corrected chi connectivity index (χ3v) is 3.50. The normalized spacial score (nSPS) is 17.6. The van der Waals surface area contributed by atoms with Crippen LogP contribution in [0.1, 0.15) is 18.5 Å². The smallest absolute Gasteiger partial charge is 0.0538 e. The molecule has 0 atom stereocenters. The Morgan fingerprint density at radius 3 is 2.88 bits per heavy atom. The molecular formula is C14H16N2.